The van der Waals surface area contributed by atoms with Crippen molar-refractivity contribution in [3.8, 4) is 0 Å². The predicted molar refractivity (Wildman–Crippen MR) is 65.9 cm³/mol. The fraction of sp³-hybridized carbons (Fsp3) is 0.417. The van der Waals surface area contributed by atoms with Crippen LogP contribution in [-0.4, -0.2) is 28.0 Å². The molecule has 0 aromatic carbocycles. The number of aromatic carboxylic acids is 1. The molecule has 1 atom stereocenters. The van der Waals surface area contributed by atoms with Crippen molar-refractivity contribution in [2.75, 3.05) is 0 Å². The molecule has 0 fully saturated rings. The molecule has 1 rings (SSSR count). The molecule has 0 saturated heterocycles. The number of hydrogen-bond acceptors (Lipinski definition) is 4. The molecule has 0 aliphatic heterocycles. The van der Waals surface area contributed by atoms with E-state index in [0.29, 0.717) is 12.1 Å². The molecule has 0 bridgehead atoms. The van der Waals surface area contributed by atoms with Crippen LogP contribution in [0.1, 0.15) is 35.8 Å². The second kappa shape index (κ2) is 6.70. The summed E-state index contributed by atoms with van der Waals surface area (Å²) in [5.74, 6) is -1.27. The summed E-state index contributed by atoms with van der Waals surface area (Å²) in [4.78, 5) is 26.3. The van der Waals surface area contributed by atoms with Gasteiger partial charge in [-0.25, -0.2) is 4.79 Å². The van der Waals surface area contributed by atoms with Gasteiger partial charge >= 0.3 is 5.97 Å². The molecule has 0 radical (unpaired) electrons. The Morgan fingerprint density at radius 1 is 1.56 bits per heavy atom. The molecule has 1 heterocycles. The minimum absolute atomic E-state index is 0.145. The first-order valence-electron chi connectivity index (χ1n) is 5.76. The van der Waals surface area contributed by atoms with Gasteiger partial charge in [-0.15, -0.1) is 0 Å². The number of pyridine rings is 1. The number of nitrogens with one attached hydrogen (secondary N) is 1. The van der Waals surface area contributed by atoms with Gasteiger partial charge in [0.1, 0.15) is 0 Å². The average Bonchev–Trinajstić information content (AvgIpc) is 2.36. The summed E-state index contributed by atoms with van der Waals surface area (Å²) in [5.41, 5.74) is 6.28. The molecule has 1 amide bonds. The lowest BCUT2D eigenvalue weighted by atomic mass is 10.1. The number of nitrogens with two attached hydrogens (primary N) is 1. The van der Waals surface area contributed by atoms with E-state index in [2.05, 4.69) is 10.3 Å². The van der Waals surface area contributed by atoms with Gasteiger partial charge in [0.25, 0.3) is 0 Å². The molecule has 98 valence electrons. The number of amides is 1. The maximum Gasteiger partial charge on any atom is 0.335 e. The molecule has 1 aromatic rings. The fourth-order valence-corrected chi connectivity index (χ4v) is 1.46. The topological polar surface area (TPSA) is 105 Å². The monoisotopic (exact) mass is 251 g/mol. The van der Waals surface area contributed by atoms with Crippen molar-refractivity contribution in [3.63, 3.8) is 0 Å². The number of hydrogen-bond donors (Lipinski definition) is 3. The second-order valence-electron chi connectivity index (χ2n) is 3.95. The van der Waals surface area contributed by atoms with Crippen LogP contribution in [0.5, 0.6) is 0 Å². The first-order chi connectivity index (χ1) is 8.54. The van der Waals surface area contributed by atoms with Crippen LogP contribution in [0.3, 0.4) is 0 Å². The van der Waals surface area contributed by atoms with Crippen molar-refractivity contribution in [1.82, 2.24) is 10.3 Å². The van der Waals surface area contributed by atoms with E-state index in [0.717, 1.165) is 6.42 Å². The van der Waals surface area contributed by atoms with Gasteiger partial charge in [-0.1, -0.05) is 13.3 Å². The van der Waals surface area contributed by atoms with Gasteiger partial charge in [0, 0.05) is 6.20 Å². The third kappa shape index (κ3) is 4.14. The highest BCUT2D eigenvalue weighted by Crippen LogP contribution is 2.02. The average molecular weight is 251 g/mol. The molecular formula is C12H17N3O3. The molecule has 6 nitrogen and oxygen atoms in total. The Balaban J connectivity index is 2.55. The van der Waals surface area contributed by atoms with Crippen molar-refractivity contribution in [2.24, 2.45) is 5.73 Å². The van der Waals surface area contributed by atoms with Crippen molar-refractivity contribution in [1.29, 1.82) is 0 Å². The molecule has 4 N–H and O–H groups in total. The van der Waals surface area contributed by atoms with Gasteiger partial charge in [-0.2, -0.15) is 0 Å². The normalized spacial score (nSPS) is 11.9. The van der Waals surface area contributed by atoms with Gasteiger partial charge in [-0.05, 0) is 18.6 Å². The fourth-order valence-electron chi connectivity index (χ4n) is 1.46. The van der Waals surface area contributed by atoms with Crippen LogP contribution in [0, 0.1) is 0 Å². The van der Waals surface area contributed by atoms with Crippen LogP contribution in [0.25, 0.3) is 0 Å². The van der Waals surface area contributed by atoms with E-state index in [1.807, 2.05) is 6.92 Å². The van der Waals surface area contributed by atoms with Crippen LogP contribution in [0.4, 0.5) is 0 Å². The third-order valence-corrected chi connectivity index (χ3v) is 2.44. The molecule has 0 spiro atoms. The number of carboxylic acid groups (broad SMARTS) is 1. The summed E-state index contributed by atoms with van der Waals surface area (Å²) < 4.78 is 0. The minimum atomic E-state index is -1.02. The lowest BCUT2D eigenvalue weighted by molar-refractivity contribution is -0.122. The summed E-state index contributed by atoms with van der Waals surface area (Å²) >= 11 is 0. The van der Waals surface area contributed by atoms with Gasteiger partial charge in [0.2, 0.25) is 5.91 Å². The summed E-state index contributed by atoms with van der Waals surface area (Å²) in [7, 11) is 0. The van der Waals surface area contributed by atoms with Crippen molar-refractivity contribution < 1.29 is 14.7 Å². The van der Waals surface area contributed by atoms with Crippen molar-refractivity contribution in [3.05, 3.63) is 29.6 Å². The number of carbonyl (C=O) groups is 2. The molecule has 1 unspecified atom stereocenters. The zero-order valence-electron chi connectivity index (χ0n) is 10.2. The smallest absolute Gasteiger partial charge is 0.335 e. The molecule has 0 aliphatic rings. The van der Waals surface area contributed by atoms with E-state index in [4.69, 9.17) is 10.8 Å². The van der Waals surface area contributed by atoms with Gasteiger partial charge in [0.05, 0.1) is 23.8 Å². The van der Waals surface area contributed by atoms with Gasteiger partial charge in [-0.3, -0.25) is 9.78 Å². The maximum atomic E-state index is 11.5. The van der Waals surface area contributed by atoms with E-state index in [1.165, 1.54) is 18.3 Å². The number of carbonyl (C=O) groups excluding carboxylic acids is 1. The number of rotatable bonds is 6. The molecule has 0 saturated carbocycles. The molecular weight excluding hydrogens is 234 g/mol. The minimum Gasteiger partial charge on any atom is -0.478 e. The van der Waals surface area contributed by atoms with E-state index in [9.17, 15) is 9.59 Å². The Bertz CT molecular complexity index is 434. The Morgan fingerprint density at radius 3 is 2.89 bits per heavy atom. The van der Waals surface area contributed by atoms with Crippen molar-refractivity contribution >= 4 is 11.9 Å². The van der Waals surface area contributed by atoms with Crippen LogP contribution in [0.2, 0.25) is 0 Å². The highest BCUT2D eigenvalue weighted by molar-refractivity contribution is 5.87. The molecule has 1 aromatic heterocycles. The predicted octanol–water partition coefficient (Wildman–Crippen LogP) is 0.523. The summed E-state index contributed by atoms with van der Waals surface area (Å²) in [5, 5.41) is 11.4. The van der Waals surface area contributed by atoms with E-state index >= 15 is 0 Å². The third-order valence-electron chi connectivity index (χ3n) is 2.44. The number of aromatic nitrogens is 1. The number of nitrogens with zero attached hydrogens (tertiary/aromatic N) is 1. The van der Waals surface area contributed by atoms with Crippen LogP contribution in [-0.2, 0) is 11.3 Å². The zero-order valence-corrected chi connectivity index (χ0v) is 10.2. The van der Waals surface area contributed by atoms with Gasteiger partial charge in [0.15, 0.2) is 0 Å². The first kappa shape index (κ1) is 14.1. The first-order valence-corrected chi connectivity index (χ1v) is 5.76. The van der Waals surface area contributed by atoms with Gasteiger partial charge < -0.3 is 16.2 Å². The van der Waals surface area contributed by atoms with Crippen LogP contribution < -0.4 is 11.1 Å². The van der Waals surface area contributed by atoms with E-state index in [-0.39, 0.29) is 18.0 Å². The largest absolute Gasteiger partial charge is 0.478 e. The summed E-state index contributed by atoms with van der Waals surface area (Å²) in [6, 6.07) is 2.29. The summed E-state index contributed by atoms with van der Waals surface area (Å²) in [6.45, 7) is 2.13. The lowest BCUT2D eigenvalue weighted by Crippen LogP contribution is -2.40. The second-order valence-corrected chi connectivity index (χ2v) is 3.95. The Kier molecular flexibility index (Phi) is 5.26. The maximum absolute atomic E-state index is 11.5. The van der Waals surface area contributed by atoms with Crippen molar-refractivity contribution in [2.45, 2.75) is 32.4 Å². The lowest BCUT2D eigenvalue weighted by Gasteiger charge is -2.10. The Morgan fingerprint density at radius 2 is 2.28 bits per heavy atom. The van der Waals surface area contributed by atoms with E-state index in [1.54, 1.807) is 0 Å². The standard InChI is InChI=1S/C12H17N3O3/c1-2-3-10(13)11(16)15-7-9-6-8(12(17)18)4-5-14-9/h4-6,10H,2-3,7,13H2,1H3,(H,15,16)(H,17,18). The zero-order chi connectivity index (χ0) is 13.5. The highest BCUT2D eigenvalue weighted by Gasteiger charge is 2.12. The molecule has 0 aliphatic carbocycles. The quantitative estimate of drug-likeness (QED) is 0.683. The highest BCUT2D eigenvalue weighted by atomic mass is 16.4. The summed E-state index contributed by atoms with van der Waals surface area (Å²) in [6.07, 6.45) is 2.85. The Hall–Kier alpha value is -1.95. The molecule has 6 heteroatoms. The van der Waals surface area contributed by atoms with E-state index < -0.39 is 12.0 Å². The number of carboxylic acids is 1. The van der Waals surface area contributed by atoms with Crippen LogP contribution >= 0.6 is 0 Å². The molecule has 18 heavy (non-hydrogen) atoms. The SMILES string of the molecule is CCCC(N)C(=O)NCc1cc(C(=O)O)ccn1. The van der Waals surface area contributed by atoms with Crippen LogP contribution in [0.15, 0.2) is 18.3 Å². The Labute approximate surface area is 105 Å².